The quantitative estimate of drug-likeness (QED) is 0.257. The van der Waals surface area contributed by atoms with E-state index in [1.165, 1.54) is 10.1 Å². The first kappa shape index (κ1) is 32.6. The lowest BCUT2D eigenvalue weighted by Crippen LogP contribution is -2.45. The fourth-order valence-corrected chi connectivity index (χ4v) is 5.44. The van der Waals surface area contributed by atoms with Crippen LogP contribution in [0.5, 0.6) is 11.5 Å². The molecule has 2 heterocycles. The number of halogens is 1. The number of rotatable bonds is 6. The van der Waals surface area contributed by atoms with Gasteiger partial charge in [-0.3, -0.25) is 4.84 Å². The van der Waals surface area contributed by atoms with E-state index in [0.717, 1.165) is 49.9 Å². The summed E-state index contributed by atoms with van der Waals surface area (Å²) in [4.78, 5) is 20.4. The minimum Gasteiger partial charge on any atom is -0.497 e. The molecular formula is C35H39ClN6O4. The third-order valence-corrected chi connectivity index (χ3v) is 8.18. The lowest BCUT2D eigenvalue weighted by Gasteiger charge is -2.34. The standard InChI is InChI=1S/C18H21N3O3.C17H18ClN3O/c1-18(20-17(19)21(2)24-18)13-7-5-6-12(10-13)15-11-14(22-3)8-9-16(15)23-4;1-17(11-22-21(2)16(19)20-17)14-7-3-5-12(9-14)13-6-4-8-15(18)10-13/h5-11H,1-4H3,(H2,19,20);3-10H,11H2,1-2H3,(H2,19,20). The molecule has 2 unspecified atom stereocenters. The van der Waals surface area contributed by atoms with Crippen molar-refractivity contribution < 1.29 is 19.1 Å². The first-order valence-electron chi connectivity index (χ1n) is 14.6. The van der Waals surface area contributed by atoms with Gasteiger partial charge in [-0.15, -0.1) is 0 Å². The van der Waals surface area contributed by atoms with Gasteiger partial charge < -0.3 is 20.9 Å². The Kier molecular flexibility index (Phi) is 9.43. The van der Waals surface area contributed by atoms with Crippen LogP contribution in [0, 0.1) is 0 Å². The van der Waals surface area contributed by atoms with Crippen molar-refractivity contribution in [2.24, 2.45) is 21.5 Å². The van der Waals surface area contributed by atoms with Gasteiger partial charge >= 0.3 is 0 Å². The number of nitrogens with two attached hydrogens (primary N) is 2. The van der Waals surface area contributed by atoms with Crippen molar-refractivity contribution in [3.8, 4) is 33.8 Å². The molecule has 0 saturated carbocycles. The summed E-state index contributed by atoms with van der Waals surface area (Å²) in [5.41, 5.74) is 16.4. The highest BCUT2D eigenvalue weighted by molar-refractivity contribution is 6.30. The first-order valence-corrected chi connectivity index (χ1v) is 15.0. The van der Waals surface area contributed by atoms with Crippen molar-refractivity contribution >= 4 is 23.5 Å². The Morgan fingerprint density at radius 1 is 0.739 bits per heavy atom. The minimum atomic E-state index is -0.846. The molecule has 0 aliphatic carbocycles. The average molecular weight is 643 g/mol. The Balaban J connectivity index is 0.000000182. The summed E-state index contributed by atoms with van der Waals surface area (Å²) in [7, 11) is 6.78. The molecule has 0 fully saturated rings. The van der Waals surface area contributed by atoms with Crippen molar-refractivity contribution in [1.82, 2.24) is 10.1 Å². The van der Waals surface area contributed by atoms with E-state index in [2.05, 4.69) is 22.1 Å². The number of guanidine groups is 2. The van der Waals surface area contributed by atoms with Crippen LogP contribution in [0.1, 0.15) is 25.0 Å². The predicted molar refractivity (Wildman–Crippen MR) is 182 cm³/mol. The van der Waals surface area contributed by atoms with Gasteiger partial charge in [-0.25, -0.2) is 24.9 Å². The van der Waals surface area contributed by atoms with Crippen LogP contribution in [0.3, 0.4) is 0 Å². The molecule has 0 radical (unpaired) electrons. The Morgan fingerprint density at radius 3 is 2.00 bits per heavy atom. The van der Waals surface area contributed by atoms with Crippen LogP contribution in [0.2, 0.25) is 5.02 Å². The Labute approximate surface area is 274 Å². The topological polar surface area (TPSA) is 120 Å². The number of hydrogen-bond acceptors (Lipinski definition) is 10. The zero-order chi connectivity index (χ0) is 33.1. The summed E-state index contributed by atoms with van der Waals surface area (Å²) < 4.78 is 10.8. The third-order valence-electron chi connectivity index (χ3n) is 7.95. The van der Waals surface area contributed by atoms with E-state index in [1.807, 2.05) is 92.7 Å². The molecule has 10 nitrogen and oxygen atoms in total. The largest absolute Gasteiger partial charge is 0.497 e. The second-order valence-electron chi connectivity index (χ2n) is 11.3. The Bertz CT molecular complexity index is 1780. The summed E-state index contributed by atoms with van der Waals surface area (Å²) in [5.74, 6) is 2.26. The molecule has 4 aromatic rings. The molecule has 2 atom stereocenters. The number of benzene rings is 4. The smallest absolute Gasteiger partial charge is 0.218 e. The molecule has 0 bridgehead atoms. The van der Waals surface area contributed by atoms with Gasteiger partial charge in [0.2, 0.25) is 17.6 Å². The van der Waals surface area contributed by atoms with Crippen LogP contribution >= 0.6 is 11.6 Å². The van der Waals surface area contributed by atoms with Gasteiger partial charge in [-0.1, -0.05) is 60.1 Å². The van der Waals surface area contributed by atoms with Gasteiger partial charge in [0.15, 0.2) is 0 Å². The van der Waals surface area contributed by atoms with Gasteiger partial charge in [0.1, 0.15) is 23.6 Å². The van der Waals surface area contributed by atoms with E-state index < -0.39 is 11.3 Å². The molecule has 2 aliphatic heterocycles. The van der Waals surface area contributed by atoms with Gasteiger partial charge in [0, 0.05) is 30.2 Å². The molecule has 0 amide bonds. The lowest BCUT2D eigenvalue weighted by molar-refractivity contribution is -0.163. The lowest BCUT2D eigenvalue weighted by atomic mass is 9.90. The van der Waals surface area contributed by atoms with E-state index in [4.69, 9.17) is 42.2 Å². The highest BCUT2D eigenvalue weighted by atomic mass is 35.5. The SMILES string of the molecule is CN1OCC(C)(c2cccc(-c3cccc(Cl)c3)c2)N=C1N.COc1ccc(OC)c(-c2cccc(C3(C)N=C(N)N(C)O3)c2)c1. The third kappa shape index (κ3) is 6.89. The fraction of sp³-hybridized carbons (Fsp3) is 0.257. The van der Waals surface area contributed by atoms with Crippen molar-refractivity contribution in [2.75, 3.05) is 34.9 Å². The number of ether oxygens (including phenoxy) is 2. The summed E-state index contributed by atoms with van der Waals surface area (Å²) in [5, 5.41) is 3.68. The highest BCUT2D eigenvalue weighted by Gasteiger charge is 2.36. The van der Waals surface area contributed by atoms with Gasteiger partial charge in [-0.2, -0.15) is 0 Å². The fourth-order valence-electron chi connectivity index (χ4n) is 5.25. The second-order valence-corrected chi connectivity index (χ2v) is 11.7. The van der Waals surface area contributed by atoms with E-state index in [1.54, 1.807) is 28.3 Å². The van der Waals surface area contributed by atoms with Crippen LogP contribution in [0.25, 0.3) is 22.3 Å². The molecule has 0 aromatic heterocycles. The first-order chi connectivity index (χ1) is 21.9. The highest BCUT2D eigenvalue weighted by Crippen LogP contribution is 2.38. The van der Waals surface area contributed by atoms with Crippen molar-refractivity contribution in [3.05, 3.63) is 107 Å². The van der Waals surface area contributed by atoms with Gasteiger partial charge in [0.25, 0.3) is 0 Å². The van der Waals surface area contributed by atoms with E-state index >= 15 is 0 Å². The maximum Gasteiger partial charge on any atom is 0.218 e. The normalized spacial score (nSPS) is 20.8. The van der Waals surface area contributed by atoms with Crippen molar-refractivity contribution in [2.45, 2.75) is 25.1 Å². The van der Waals surface area contributed by atoms with Crippen LogP contribution in [-0.2, 0) is 20.9 Å². The zero-order valence-electron chi connectivity index (χ0n) is 26.8. The van der Waals surface area contributed by atoms with Crippen molar-refractivity contribution in [3.63, 3.8) is 0 Å². The minimum absolute atomic E-state index is 0.349. The summed E-state index contributed by atoms with van der Waals surface area (Å²) in [6.07, 6.45) is 0. The Hall–Kier alpha value is -4.77. The van der Waals surface area contributed by atoms with Crippen LogP contribution in [0.4, 0.5) is 0 Å². The predicted octanol–water partition coefficient (Wildman–Crippen LogP) is 6.15. The zero-order valence-corrected chi connectivity index (χ0v) is 27.6. The molecule has 0 saturated heterocycles. The van der Waals surface area contributed by atoms with Crippen molar-refractivity contribution in [1.29, 1.82) is 0 Å². The number of hydroxylamine groups is 4. The number of nitrogens with zero attached hydrogens (tertiary/aromatic N) is 4. The maximum absolute atomic E-state index is 6.08. The summed E-state index contributed by atoms with van der Waals surface area (Å²) in [6.45, 7) is 4.35. The molecule has 2 aliphatic rings. The van der Waals surface area contributed by atoms with Crippen LogP contribution < -0.4 is 20.9 Å². The average Bonchev–Trinajstić information content (AvgIpc) is 3.34. The van der Waals surface area contributed by atoms with E-state index in [-0.39, 0.29) is 0 Å². The summed E-state index contributed by atoms with van der Waals surface area (Å²) >= 11 is 6.08. The number of hydrogen-bond donors (Lipinski definition) is 2. The van der Waals surface area contributed by atoms with Gasteiger partial charge in [-0.05, 0) is 78.6 Å². The maximum atomic E-state index is 6.08. The molecule has 6 rings (SSSR count). The molecule has 46 heavy (non-hydrogen) atoms. The monoisotopic (exact) mass is 642 g/mol. The Morgan fingerprint density at radius 2 is 1.37 bits per heavy atom. The summed E-state index contributed by atoms with van der Waals surface area (Å²) in [6, 6.07) is 29.7. The van der Waals surface area contributed by atoms with Crippen LogP contribution in [-0.4, -0.2) is 57.0 Å². The molecular weight excluding hydrogens is 604 g/mol. The molecule has 0 spiro atoms. The van der Waals surface area contributed by atoms with E-state index in [0.29, 0.717) is 18.5 Å². The number of methoxy groups -OCH3 is 2. The van der Waals surface area contributed by atoms with Gasteiger partial charge in [0.05, 0.1) is 14.2 Å². The second kappa shape index (κ2) is 13.3. The molecule has 4 N–H and O–H groups in total. The van der Waals surface area contributed by atoms with Crippen LogP contribution in [0.15, 0.2) is 101 Å². The molecule has 4 aromatic carbocycles. The molecule has 11 heteroatoms. The molecule has 240 valence electrons. The number of aliphatic imine (C=N–C) groups is 2. The van der Waals surface area contributed by atoms with E-state index in [9.17, 15) is 0 Å².